The van der Waals surface area contributed by atoms with Gasteiger partial charge in [-0.05, 0) is 57.0 Å². The summed E-state index contributed by atoms with van der Waals surface area (Å²) in [5.41, 5.74) is 2.38. The molecule has 1 aromatic carbocycles. The summed E-state index contributed by atoms with van der Waals surface area (Å²) < 4.78 is 6.04. The Morgan fingerprint density at radius 2 is 1.68 bits per heavy atom. The van der Waals surface area contributed by atoms with Crippen LogP contribution in [-0.2, 0) is 6.54 Å². The van der Waals surface area contributed by atoms with Gasteiger partial charge in [-0.3, -0.25) is 4.90 Å². The summed E-state index contributed by atoms with van der Waals surface area (Å²) in [5, 5.41) is 0. The van der Waals surface area contributed by atoms with Crippen LogP contribution in [0.1, 0.15) is 31.9 Å². The second kappa shape index (κ2) is 7.40. The predicted molar refractivity (Wildman–Crippen MR) is 101 cm³/mol. The number of aryl methyl sites for hydroxylation is 1. The van der Waals surface area contributed by atoms with Crippen LogP contribution in [0.25, 0.3) is 0 Å². The van der Waals surface area contributed by atoms with Crippen molar-refractivity contribution in [2.45, 2.75) is 39.8 Å². The number of nitrogens with zero attached hydrogens (tertiary/aromatic N) is 4. The van der Waals surface area contributed by atoms with Gasteiger partial charge in [0.2, 0.25) is 5.95 Å². The third-order valence-corrected chi connectivity index (χ3v) is 4.15. The molecule has 1 fully saturated rings. The van der Waals surface area contributed by atoms with Crippen molar-refractivity contribution in [2.75, 3.05) is 31.1 Å². The lowest BCUT2D eigenvalue weighted by Gasteiger charge is -2.34. The van der Waals surface area contributed by atoms with E-state index < -0.39 is 0 Å². The molecule has 2 aromatic rings. The Morgan fingerprint density at radius 1 is 1.00 bits per heavy atom. The van der Waals surface area contributed by atoms with Gasteiger partial charge in [0.25, 0.3) is 0 Å². The van der Waals surface area contributed by atoms with E-state index >= 15 is 0 Å². The molecule has 25 heavy (non-hydrogen) atoms. The number of hydrogen-bond donors (Lipinski definition) is 0. The fourth-order valence-corrected chi connectivity index (χ4v) is 3.15. The smallest absolute Gasteiger partial charge is 0.225 e. The first-order valence-corrected chi connectivity index (χ1v) is 8.93. The molecule has 1 aliphatic heterocycles. The van der Waals surface area contributed by atoms with Gasteiger partial charge in [-0.1, -0.05) is 6.07 Å². The fourth-order valence-electron chi connectivity index (χ4n) is 3.15. The van der Waals surface area contributed by atoms with Gasteiger partial charge in [0, 0.05) is 45.1 Å². The van der Waals surface area contributed by atoms with Crippen LogP contribution in [0.2, 0.25) is 0 Å². The summed E-state index contributed by atoms with van der Waals surface area (Å²) in [5.74, 6) is 1.79. The van der Waals surface area contributed by atoms with E-state index in [1.54, 1.807) is 12.4 Å². The number of piperazine rings is 1. The van der Waals surface area contributed by atoms with Gasteiger partial charge in [0.05, 0.1) is 0 Å². The second-order valence-corrected chi connectivity index (χ2v) is 7.68. The Labute approximate surface area is 150 Å². The summed E-state index contributed by atoms with van der Waals surface area (Å²) >= 11 is 0. The largest absolute Gasteiger partial charge is 0.488 e. The molecule has 1 aromatic heterocycles. The highest BCUT2D eigenvalue weighted by atomic mass is 16.5. The molecule has 1 saturated heterocycles. The first-order chi connectivity index (χ1) is 11.9. The molecule has 0 atom stereocenters. The van der Waals surface area contributed by atoms with Gasteiger partial charge < -0.3 is 9.64 Å². The van der Waals surface area contributed by atoms with Crippen LogP contribution in [0, 0.1) is 6.92 Å². The molecule has 0 N–H and O–H groups in total. The lowest BCUT2D eigenvalue weighted by atomic mass is 10.1. The summed E-state index contributed by atoms with van der Waals surface area (Å²) in [4.78, 5) is 13.4. The minimum atomic E-state index is -0.174. The average molecular weight is 340 g/mol. The first-order valence-electron chi connectivity index (χ1n) is 8.93. The van der Waals surface area contributed by atoms with Crippen molar-refractivity contribution in [3.8, 4) is 5.75 Å². The average Bonchev–Trinajstić information content (AvgIpc) is 2.54. The number of rotatable bonds is 4. The van der Waals surface area contributed by atoms with Crippen LogP contribution in [-0.4, -0.2) is 46.6 Å². The molecule has 0 amide bonds. The normalized spacial score (nSPS) is 16.1. The quantitative estimate of drug-likeness (QED) is 0.854. The van der Waals surface area contributed by atoms with Crippen LogP contribution < -0.4 is 9.64 Å². The van der Waals surface area contributed by atoms with Crippen molar-refractivity contribution >= 4 is 5.95 Å². The molecule has 3 rings (SSSR count). The molecule has 0 bridgehead atoms. The molecule has 134 valence electrons. The van der Waals surface area contributed by atoms with Crippen molar-refractivity contribution in [3.05, 3.63) is 47.8 Å². The van der Waals surface area contributed by atoms with Crippen molar-refractivity contribution in [2.24, 2.45) is 0 Å². The Balaban J connectivity index is 1.60. The van der Waals surface area contributed by atoms with E-state index in [0.717, 1.165) is 44.4 Å². The van der Waals surface area contributed by atoms with Gasteiger partial charge in [0.1, 0.15) is 11.4 Å². The summed E-state index contributed by atoms with van der Waals surface area (Å²) in [6, 6.07) is 8.39. The molecule has 2 heterocycles. The van der Waals surface area contributed by atoms with Crippen molar-refractivity contribution < 1.29 is 4.74 Å². The van der Waals surface area contributed by atoms with Gasteiger partial charge in [-0.2, -0.15) is 0 Å². The maximum absolute atomic E-state index is 6.04. The molecule has 5 heteroatoms. The highest BCUT2D eigenvalue weighted by Gasteiger charge is 2.19. The van der Waals surface area contributed by atoms with E-state index in [9.17, 15) is 0 Å². The van der Waals surface area contributed by atoms with Gasteiger partial charge >= 0.3 is 0 Å². The lowest BCUT2D eigenvalue weighted by molar-refractivity contribution is 0.130. The van der Waals surface area contributed by atoms with E-state index in [1.165, 1.54) is 11.1 Å². The van der Waals surface area contributed by atoms with E-state index in [4.69, 9.17) is 4.74 Å². The van der Waals surface area contributed by atoms with Crippen LogP contribution in [0.3, 0.4) is 0 Å². The van der Waals surface area contributed by atoms with E-state index in [0.29, 0.717) is 0 Å². The number of ether oxygens (including phenoxy) is 1. The monoisotopic (exact) mass is 340 g/mol. The molecule has 0 radical (unpaired) electrons. The topological polar surface area (TPSA) is 41.5 Å². The third kappa shape index (κ3) is 5.16. The van der Waals surface area contributed by atoms with Crippen LogP contribution in [0.5, 0.6) is 5.75 Å². The Kier molecular flexibility index (Phi) is 5.23. The zero-order valence-electron chi connectivity index (χ0n) is 15.7. The molecule has 5 nitrogen and oxygen atoms in total. The molecule has 0 aliphatic carbocycles. The maximum atomic E-state index is 6.04. The summed E-state index contributed by atoms with van der Waals surface area (Å²) in [6.07, 6.45) is 3.61. The van der Waals surface area contributed by atoms with Crippen molar-refractivity contribution in [3.63, 3.8) is 0 Å². The van der Waals surface area contributed by atoms with Crippen LogP contribution in [0.4, 0.5) is 5.95 Å². The lowest BCUT2D eigenvalue weighted by Crippen LogP contribution is -2.46. The standard InChI is InChI=1S/C20H28N4O/c1-16-12-17(14-18(13-16)25-20(2,3)4)15-23-8-10-24(11-9-23)19-21-6-5-7-22-19/h5-7,12-14H,8-11,15H2,1-4H3. The molecule has 0 unspecified atom stereocenters. The highest BCUT2D eigenvalue weighted by Crippen LogP contribution is 2.23. The Hall–Kier alpha value is -2.14. The Bertz CT molecular complexity index is 689. The van der Waals surface area contributed by atoms with Crippen LogP contribution >= 0.6 is 0 Å². The fraction of sp³-hybridized carbons (Fsp3) is 0.500. The number of hydrogen-bond acceptors (Lipinski definition) is 5. The SMILES string of the molecule is Cc1cc(CN2CCN(c3ncccn3)CC2)cc(OC(C)(C)C)c1. The van der Waals surface area contributed by atoms with Crippen molar-refractivity contribution in [1.82, 2.24) is 14.9 Å². The van der Waals surface area contributed by atoms with E-state index in [-0.39, 0.29) is 5.60 Å². The number of aromatic nitrogens is 2. The summed E-state index contributed by atoms with van der Waals surface area (Å²) in [7, 11) is 0. The minimum Gasteiger partial charge on any atom is -0.488 e. The number of anilines is 1. The first kappa shape index (κ1) is 17.7. The number of benzene rings is 1. The van der Waals surface area contributed by atoms with E-state index in [1.807, 2.05) is 6.07 Å². The van der Waals surface area contributed by atoms with Crippen molar-refractivity contribution in [1.29, 1.82) is 0 Å². The highest BCUT2D eigenvalue weighted by molar-refractivity contribution is 5.34. The Morgan fingerprint density at radius 3 is 2.32 bits per heavy atom. The second-order valence-electron chi connectivity index (χ2n) is 7.68. The van der Waals surface area contributed by atoms with Crippen LogP contribution in [0.15, 0.2) is 36.7 Å². The minimum absolute atomic E-state index is 0.174. The van der Waals surface area contributed by atoms with Gasteiger partial charge in [-0.25, -0.2) is 9.97 Å². The zero-order valence-corrected chi connectivity index (χ0v) is 15.7. The molecular formula is C20H28N4O. The van der Waals surface area contributed by atoms with Gasteiger partial charge in [-0.15, -0.1) is 0 Å². The van der Waals surface area contributed by atoms with E-state index in [2.05, 4.69) is 65.7 Å². The molecule has 0 spiro atoms. The maximum Gasteiger partial charge on any atom is 0.225 e. The molecular weight excluding hydrogens is 312 g/mol. The molecule has 1 aliphatic rings. The summed E-state index contributed by atoms with van der Waals surface area (Å²) in [6.45, 7) is 13.3. The zero-order chi connectivity index (χ0) is 17.9. The third-order valence-electron chi connectivity index (χ3n) is 4.15. The predicted octanol–water partition coefficient (Wildman–Crippen LogP) is 3.28. The van der Waals surface area contributed by atoms with Gasteiger partial charge in [0.15, 0.2) is 0 Å². The molecule has 0 saturated carbocycles.